The highest BCUT2D eigenvalue weighted by atomic mass is 14.9. The van der Waals surface area contributed by atoms with Crippen molar-refractivity contribution in [3.05, 3.63) is 66.7 Å². The Bertz CT molecular complexity index is 624. The van der Waals surface area contributed by atoms with Crippen molar-refractivity contribution in [2.24, 2.45) is 0 Å². The third-order valence-corrected chi connectivity index (χ3v) is 2.88. The molecule has 88 valence electrons. The van der Waals surface area contributed by atoms with Crippen molar-refractivity contribution in [3.8, 4) is 22.5 Å². The maximum absolute atomic E-state index is 5.81. The summed E-state index contributed by atoms with van der Waals surface area (Å²) in [5.41, 5.74) is 4.04. The number of rotatable bonds is 2. The molecular formula is C16H11BN2. The van der Waals surface area contributed by atoms with Gasteiger partial charge in [0.2, 0.25) is 0 Å². The van der Waals surface area contributed by atoms with Crippen LogP contribution < -0.4 is 5.72 Å². The van der Waals surface area contributed by atoms with Crippen molar-refractivity contribution >= 4 is 13.6 Å². The molecule has 0 spiro atoms. The quantitative estimate of drug-likeness (QED) is 0.645. The van der Waals surface area contributed by atoms with Crippen LogP contribution in [0.25, 0.3) is 22.5 Å². The largest absolute Gasteiger partial charge is 0.245 e. The molecule has 0 saturated heterocycles. The molecular weight excluding hydrogens is 231 g/mol. The van der Waals surface area contributed by atoms with Gasteiger partial charge in [-0.05, 0) is 6.07 Å². The van der Waals surface area contributed by atoms with Gasteiger partial charge in [-0.2, -0.15) is 0 Å². The van der Waals surface area contributed by atoms with Gasteiger partial charge < -0.3 is 0 Å². The summed E-state index contributed by atoms with van der Waals surface area (Å²) in [7, 11) is 5.81. The van der Waals surface area contributed by atoms with Crippen LogP contribution >= 0.6 is 0 Å². The number of hydrogen-bond acceptors (Lipinski definition) is 2. The molecule has 3 heteroatoms. The summed E-state index contributed by atoms with van der Waals surface area (Å²) >= 11 is 0. The molecule has 0 aliphatic rings. The van der Waals surface area contributed by atoms with E-state index in [4.69, 9.17) is 7.85 Å². The lowest BCUT2D eigenvalue weighted by molar-refractivity contribution is 1.24. The van der Waals surface area contributed by atoms with E-state index in [1.54, 1.807) is 0 Å². The van der Waals surface area contributed by atoms with E-state index in [1.807, 2.05) is 66.7 Å². The van der Waals surface area contributed by atoms with Gasteiger partial charge in [0.25, 0.3) is 0 Å². The Hall–Kier alpha value is -2.42. The summed E-state index contributed by atoms with van der Waals surface area (Å²) < 4.78 is 0. The zero-order valence-corrected chi connectivity index (χ0v) is 10.3. The molecule has 0 fully saturated rings. The highest BCUT2D eigenvalue weighted by Crippen LogP contribution is 2.21. The van der Waals surface area contributed by atoms with Gasteiger partial charge in [0, 0.05) is 11.1 Å². The summed E-state index contributed by atoms with van der Waals surface area (Å²) in [6.07, 6.45) is 0. The first kappa shape index (κ1) is 11.7. The van der Waals surface area contributed by atoms with E-state index in [2.05, 4.69) is 9.97 Å². The average Bonchev–Trinajstić information content (AvgIpc) is 2.48. The van der Waals surface area contributed by atoms with Crippen molar-refractivity contribution < 1.29 is 0 Å². The molecule has 1 heterocycles. The van der Waals surface area contributed by atoms with E-state index < -0.39 is 0 Å². The Morgan fingerprint density at radius 2 is 1.05 bits per heavy atom. The predicted molar refractivity (Wildman–Crippen MR) is 78.3 cm³/mol. The summed E-state index contributed by atoms with van der Waals surface area (Å²) in [6.45, 7) is 0. The fourth-order valence-corrected chi connectivity index (χ4v) is 1.98. The van der Waals surface area contributed by atoms with Crippen LogP contribution in [0.15, 0.2) is 66.7 Å². The first-order valence-corrected chi connectivity index (χ1v) is 6.08. The third-order valence-electron chi connectivity index (χ3n) is 2.88. The van der Waals surface area contributed by atoms with Crippen LogP contribution in [0.4, 0.5) is 0 Å². The lowest BCUT2D eigenvalue weighted by Crippen LogP contribution is -2.14. The summed E-state index contributed by atoms with van der Waals surface area (Å²) in [6, 6.07) is 21.9. The molecule has 0 aliphatic carbocycles. The van der Waals surface area contributed by atoms with Crippen molar-refractivity contribution in [1.29, 1.82) is 0 Å². The fraction of sp³-hybridized carbons (Fsp3) is 0. The molecule has 2 radical (unpaired) electrons. The Labute approximate surface area is 113 Å². The maximum Gasteiger partial charge on any atom is 0.170 e. The Morgan fingerprint density at radius 1 is 0.632 bits per heavy atom. The normalized spacial score (nSPS) is 10.3. The van der Waals surface area contributed by atoms with Gasteiger partial charge in [0.05, 0.1) is 17.1 Å². The maximum atomic E-state index is 5.81. The Balaban J connectivity index is 2.12. The van der Waals surface area contributed by atoms with Crippen LogP contribution in [0.5, 0.6) is 0 Å². The smallest absolute Gasteiger partial charge is 0.170 e. The number of benzene rings is 2. The first-order chi connectivity index (χ1) is 9.33. The molecule has 2 nitrogen and oxygen atoms in total. The molecule has 0 amide bonds. The molecule has 0 bridgehead atoms. The van der Waals surface area contributed by atoms with Gasteiger partial charge >= 0.3 is 0 Å². The number of hydrogen-bond donors (Lipinski definition) is 0. The van der Waals surface area contributed by atoms with Crippen LogP contribution in [0.2, 0.25) is 0 Å². The standard InChI is InChI=1S/C16H11BN2/c17-16-18-14(12-7-3-1-4-8-12)11-15(19-16)13-9-5-2-6-10-13/h1-11H. The molecule has 0 atom stereocenters. The molecule has 0 N–H and O–H groups in total. The van der Waals surface area contributed by atoms with Crippen LogP contribution in [0, 0.1) is 0 Å². The van der Waals surface area contributed by atoms with E-state index in [0.717, 1.165) is 22.5 Å². The summed E-state index contributed by atoms with van der Waals surface area (Å²) in [4.78, 5) is 8.59. The second-order valence-electron chi connectivity index (χ2n) is 4.23. The topological polar surface area (TPSA) is 25.8 Å². The van der Waals surface area contributed by atoms with Gasteiger partial charge in [0.1, 0.15) is 0 Å². The second-order valence-corrected chi connectivity index (χ2v) is 4.23. The van der Waals surface area contributed by atoms with Crippen LogP contribution in [0.1, 0.15) is 0 Å². The molecule has 0 saturated carbocycles. The monoisotopic (exact) mass is 242 g/mol. The molecule has 3 aromatic rings. The minimum Gasteiger partial charge on any atom is -0.245 e. The minimum absolute atomic E-state index is 0.292. The van der Waals surface area contributed by atoms with Gasteiger partial charge in [-0.15, -0.1) is 0 Å². The van der Waals surface area contributed by atoms with E-state index in [-0.39, 0.29) is 0 Å². The van der Waals surface area contributed by atoms with Gasteiger partial charge in [-0.3, -0.25) is 0 Å². The Morgan fingerprint density at radius 3 is 1.47 bits per heavy atom. The Kier molecular flexibility index (Phi) is 3.11. The molecule has 3 rings (SSSR count). The zero-order chi connectivity index (χ0) is 13.1. The van der Waals surface area contributed by atoms with Crippen molar-refractivity contribution in [3.63, 3.8) is 0 Å². The summed E-state index contributed by atoms with van der Waals surface area (Å²) in [5, 5.41) is 0. The molecule has 2 aromatic carbocycles. The van der Waals surface area contributed by atoms with Gasteiger partial charge in [-0.25, -0.2) is 9.97 Å². The fourth-order valence-electron chi connectivity index (χ4n) is 1.98. The van der Waals surface area contributed by atoms with Crippen LogP contribution in [-0.2, 0) is 0 Å². The van der Waals surface area contributed by atoms with E-state index in [1.165, 1.54) is 0 Å². The van der Waals surface area contributed by atoms with Crippen molar-refractivity contribution in [2.75, 3.05) is 0 Å². The molecule has 0 aliphatic heterocycles. The highest BCUT2D eigenvalue weighted by molar-refractivity contribution is 6.29. The van der Waals surface area contributed by atoms with Crippen LogP contribution in [0.3, 0.4) is 0 Å². The third kappa shape index (κ3) is 2.55. The molecule has 19 heavy (non-hydrogen) atoms. The SMILES string of the molecule is [B]c1nc(-c2ccccc2)cc(-c2ccccc2)n1. The average molecular weight is 242 g/mol. The van der Waals surface area contributed by atoms with E-state index >= 15 is 0 Å². The van der Waals surface area contributed by atoms with E-state index in [9.17, 15) is 0 Å². The van der Waals surface area contributed by atoms with Gasteiger partial charge in [-0.1, -0.05) is 60.7 Å². The lowest BCUT2D eigenvalue weighted by atomic mass is 10.0. The first-order valence-electron chi connectivity index (χ1n) is 6.08. The van der Waals surface area contributed by atoms with Gasteiger partial charge in [0.15, 0.2) is 7.85 Å². The second kappa shape index (κ2) is 5.06. The number of aromatic nitrogens is 2. The highest BCUT2D eigenvalue weighted by Gasteiger charge is 2.05. The summed E-state index contributed by atoms with van der Waals surface area (Å²) in [5.74, 6) is 0. The minimum atomic E-state index is 0.292. The van der Waals surface area contributed by atoms with Crippen LogP contribution in [-0.4, -0.2) is 17.8 Å². The van der Waals surface area contributed by atoms with E-state index in [0.29, 0.717) is 5.72 Å². The predicted octanol–water partition coefficient (Wildman–Crippen LogP) is 2.60. The zero-order valence-electron chi connectivity index (χ0n) is 10.3. The van der Waals surface area contributed by atoms with Crippen molar-refractivity contribution in [2.45, 2.75) is 0 Å². The number of nitrogens with zero attached hydrogens (tertiary/aromatic N) is 2. The molecule has 1 aromatic heterocycles. The van der Waals surface area contributed by atoms with Crippen molar-refractivity contribution in [1.82, 2.24) is 9.97 Å². The lowest BCUT2D eigenvalue weighted by Gasteiger charge is -2.06. The molecule has 0 unspecified atom stereocenters.